The van der Waals surface area contributed by atoms with Crippen molar-refractivity contribution >= 4 is 11.0 Å². The van der Waals surface area contributed by atoms with Crippen molar-refractivity contribution in [1.29, 1.82) is 0 Å². The topological polar surface area (TPSA) is 46.3 Å². The smallest absolute Gasteiger partial charge is 0.167 e. The fourth-order valence-corrected chi connectivity index (χ4v) is 1.92. The van der Waals surface area contributed by atoms with Crippen LogP contribution in [0.5, 0.6) is 0 Å². The molecule has 0 saturated heterocycles. The fraction of sp³-hybridized carbons (Fsp3) is 0.417. The van der Waals surface area contributed by atoms with Crippen molar-refractivity contribution in [3.05, 3.63) is 29.5 Å². The lowest BCUT2D eigenvalue weighted by Crippen LogP contribution is -2.10. The van der Waals surface area contributed by atoms with Gasteiger partial charge in [0.1, 0.15) is 0 Å². The van der Waals surface area contributed by atoms with Crippen molar-refractivity contribution < 1.29 is 9.63 Å². The highest BCUT2D eigenvalue weighted by molar-refractivity contribution is 5.79. The Balaban J connectivity index is 2.01. The maximum Gasteiger partial charge on any atom is 0.167 e. The summed E-state index contributed by atoms with van der Waals surface area (Å²) in [7, 11) is 0. The molecule has 1 aliphatic rings. The molecule has 0 unspecified atom stereocenters. The molecule has 78 valence electrons. The van der Waals surface area contributed by atoms with E-state index in [1.807, 2.05) is 19.1 Å². The summed E-state index contributed by atoms with van der Waals surface area (Å²) in [5.41, 5.74) is 2.46. The largest absolute Gasteiger partial charge is 0.390 e. The zero-order valence-corrected chi connectivity index (χ0v) is 8.66. The van der Waals surface area contributed by atoms with Gasteiger partial charge in [0.25, 0.3) is 0 Å². The standard InChI is InChI=1S/C12H13NO2/c1-8-10-6-9(7-12(14)4-5-12)2-3-11(10)15-13-8/h2-3,6,14H,4-5,7H2,1H3. The van der Waals surface area contributed by atoms with E-state index in [-0.39, 0.29) is 0 Å². The second kappa shape index (κ2) is 2.83. The number of aliphatic hydroxyl groups is 1. The quantitative estimate of drug-likeness (QED) is 0.813. The molecule has 1 heterocycles. The van der Waals surface area contributed by atoms with Crippen LogP contribution in [-0.2, 0) is 6.42 Å². The van der Waals surface area contributed by atoms with E-state index >= 15 is 0 Å². The summed E-state index contributed by atoms with van der Waals surface area (Å²) in [5.74, 6) is 0. The highest BCUT2D eigenvalue weighted by Gasteiger charge is 2.40. The second-order valence-corrected chi connectivity index (χ2v) is 4.50. The molecule has 3 heteroatoms. The lowest BCUT2D eigenvalue weighted by molar-refractivity contribution is 0.151. The highest BCUT2D eigenvalue weighted by atomic mass is 16.5. The Labute approximate surface area is 87.7 Å². The summed E-state index contributed by atoms with van der Waals surface area (Å²) in [6.07, 6.45) is 2.59. The van der Waals surface area contributed by atoms with Crippen LogP contribution in [-0.4, -0.2) is 15.9 Å². The van der Waals surface area contributed by atoms with Crippen LogP contribution in [0.25, 0.3) is 11.0 Å². The second-order valence-electron chi connectivity index (χ2n) is 4.50. The summed E-state index contributed by atoms with van der Waals surface area (Å²) in [6, 6.07) is 6.00. The van der Waals surface area contributed by atoms with Gasteiger partial charge in [0, 0.05) is 11.8 Å². The number of nitrogens with zero attached hydrogens (tertiary/aromatic N) is 1. The summed E-state index contributed by atoms with van der Waals surface area (Å²) in [5, 5.41) is 14.8. The van der Waals surface area contributed by atoms with Gasteiger partial charge in [-0.2, -0.15) is 0 Å². The predicted molar refractivity (Wildman–Crippen MR) is 56.6 cm³/mol. The molecule has 3 nitrogen and oxygen atoms in total. The Morgan fingerprint density at radius 3 is 3.00 bits per heavy atom. The van der Waals surface area contributed by atoms with Gasteiger partial charge in [-0.3, -0.25) is 0 Å². The molecule has 2 aromatic rings. The molecule has 0 spiro atoms. The van der Waals surface area contributed by atoms with Gasteiger partial charge in [0.2, 0.25) is 0 Å². The normalized spacial score (nSPS) is 18.3. The van der Waals surface area contributed by atoms with E-state index in [0.29, 0.717) is 0 Å². The lowest BCUT2D eigenvalue weighted by Gasteiger charge is -2.06. The SMILES string of the molecule is Cc1noc2ccc(CC3(O)CC3)cc12. The molecule has 0 amide bonds. The van der Waals surface area contributed by atoms with Gasteiger partial charge in [0.05, 0.1) is 11.3 Å². The number of hydrogen-bond donors (Lipinski definition) is 1. The van der Waals surface area contributed by atoms with E-state index in [1.165, 1.54) is 0 Å². The van der Waals surface area contributed by atoms with Gasteiger partial charge >= 0.3 is 0 Å². The lowest BCUT2D eigenvalue weighted by atomic mass is 10.0. The van der Waals surface area contributed by atoms with Gasteiger partial charge < -0.3 is 9.63 Å². The van der Waals surface area contributed by atoms with Crippen molar-refractivity contribution in [3.63, 3.8) is 0 Å². The summed E-state index contributed by atoms with van der Waals surface area (Å²) >= 11 is 0. The van der Waals surface area contributed by atoms with Gasteiger partial charge in [-0.15, -0.1) is 0 Å². The van der Waals surface area contributed by atoms with Crippen LogP contribution in [0.2, 0.25) is 0 Å². The molecule has 0 atom stereocenters. The number of aromatic nitrogens is 1. The van der Waals surface area contributed by atoms with Gasteiger partial charge in [-0.25, -0.2) is 0 Å². The first-order valence-electron chi connectivity index (χ1n) is 5.24. The minimum absolute atomic E-state index is 0.432. The third-order valence-corrected chi connectivity index (χ3v) is 3.08. The maximum absolute atomic E-state index is 9.84. The minimum atomic E-state index is -0.432. The minimum Gasteiger partial charge on any atom is -0.390 e. The van der Waals surface area contributed by atoms with E-state index in [2.05, 4.69) is 11.2 Å². The zero-order valence-electron chi connectivity index (χ0n) is 8.66. The predicted octanol–water partition coefficient (Wildman–Crippen LogP) is 2.20. The number of hydrogen-bond acceptors (Lipinski definition) is 3. The molecule has 15 heavy (non-hydrogen) atoms. The molecule has 0 aliphatic heterocycles. The molecule has 1 aromatic carbocycles. The summed E-state index contributed by atoms with van der Waals surface area (Å²) in [6.45, 7) is 1.93. The molecule has 1 N–H and O–H groups in total. The number of aryl methyl sites for hydroxylation is 1. The first-order chi connectivity index (χ1) is 7.16. The van der Waals surface area contributed by atoms with Gasteiger partial charge in [-0.1, -0.05) is 11.2 Å². The molecule has 1 aromatic heterocycles. The van der Waals surface area contributed by atoms with E-state index in [0.717, 1.165) is 41.5 Å². The maximum atomic E-state index is 9.84. The molecular formula is C12H13NO2. The molecule has 1 fully saturated rings. The zero-order chi connectivity index (χ0) is 10.5. The van der Waals surface area contributed by atoms with Crippen LogP contribution in [0.15, 0.2) is 22.7 Å². The molecule has 0 bridgehead atoms. The molecule has 3 rings (SSSR count). The molecular weight excluding hydrogens is 190 g/mol. The van der Waals surface area contributed by atoms with Crippen LogP contribution in [0.3, 0.4) is 0 Å². The average molecular weight is 203 g/mol. The van der Waals surface area contributed by atoms with Crippen molar-refractivity contribution in [2.24, 2.45) is 0 Å². The van der Waals surface area contributed by atoms with E-state index in [4.69, 9.17) is 4.52 Å². The van der Waals surface area contributed by atoms with Crippen LogP contribution in [0.1, 0.15) is 24.1 Å². The van der Waals surface area contributed by atoms with Crippen molar-refractivity contribution in [3.8, 4) is 0 Å². The molecule has 0 radical (unpaired) electrons. The average Bonchev–Trinajstić information content (AvgIpc) is 2.82. The van der Waals surface area contributed by atoms with Crippen molar-refractivity contribution in [2.45, 2.75) is 31.8 Å². The summed E-state index contributed by atoms with van der Waals surface area (Å²) in [4.78, 5) is 0. The van der Waals surface area contributed by atoms with Gasteiger partial charge in [-0.05, 0) is 37.5 Å². The Hall–Kier alpha value is -1.35. The van der Waals surface area contributed by atoms with Crippen molar-refractivity contribution in [2.75, 3.05) is 0 Å². The highest BCUT2D eigenvalue weighted by Crippen LogP contribution is 2.38. The first kappa shape index (κ1) is 8.92. The van der Waals surface area contributed by atoms with Crippen molar-refractivity contribution in [1.82, 2.24) is 5.16 Å². The van der Waals surface area contributed by atoms with E-state index < -0.39 is 5.60 Å². The van der Waals surface area contributed by atoms with Crippen LogP contribution in [0.4, 0.5) is 0 Å². The van der Waals surface area contributed by atoms with E-state index in [9.17, 15) is 5.11 Å². The Morgan fingerprint density at radius 1 is 1.47 bits per heavy atom. The van der Waals surface area contributed by atoms with E-state index in [1.54, 1.807) is 0 Å². The molecule has 1 aliphatic carbocycles. The third kappa shape index (κ3) is 1.53. The number of rotatable bonds is 2. The fourth-order valence-electron chi connectivity index (χ4n) is 1.92. The first-order valence-corrected chi connectivity index (χ1v) is 5.24. The molecule has 1 saturated carbocycles. The Kier molecular flexibility index (Phi) is 1.68. The number of benzene rings is 1. The van der Waals surface area contributed by atoms with Crippen LogP contribution >= 0.6 is 0 Å². The van der Waals surface area contributed by atoms with Crippen LogP contribution in [0, 0.1) is 6.92 Å². The third-order valence-electron chi connectivity index (χ3n) is 3.08. The van der Waals surface area contributed by atoms with Gasteiger partial charge in [0.15, 0.2) is 5.58 Å². The Bertz CT molecular complexity index is 511. The monoisotopic (exact) mass is 203 g/mol. The Morgan fingerprint density at radius 2 is 2.27 bits per heavy atom. The summed E-state index contributed by atoms with van der Waals surface area (Å²) < 4.78 is 5.14. The van der Waals surface area contributed by atoms with Crippen LogP contribution < -0.4 is 0 Å². The number of fused-ring (bicyclic) bond motifs is 1.